The average molecular weight is 344 g/mol. The van der Waals surface area contributed by atoms with E-state index in [1.54, 1.807) is 13.8 Å². The van der Waals surface area contributed by atoms with Gasteiger partial charge in [-0.05, 0) is 11.8 Å². The smallest absolute Gasteiger partial charge is 0.378 e. The second-order valence-electron chi connectivity index (χ2n) is 7.13. The summed E-state index contributed by atoms with van der Waals surface area (Å²) in [5, 5.41) is 0. The van der Waals surface area contributed by atoms with E-state index < -0.39 is 17.5 Å². The lowest BCUT2D eigenvalue weighted by molar-refractivity contribution is -0.206. The first-order valence-corrected chi connectivity index (χ1v) is 8.24. The first-order valence-electron chi connectivity index (χ1n) is 8.24. The average Bonchev–Trinajstić information content (AvgIpc) is 2.53. The molecule has 24 heavy (non-hydrogen) atoms. The Kier molecular flexibility index (Phi) is 4.59. The number of morpholine rings is 1. The maximum atomic E-state index is 13.2. The van der Waals surface area contributed by atoms with Gasteiger partial charge in [-0.1, -0.05) is 13.8 Å². The third kappa shape index (κ3) is 3.58. The minimum atomic E-state index is -4.15. The summed E-state index contributed by atoms with van der Waals surface area (Å²) >= 11 is 0. The molecule has 1 atom stereocenters. The molecule has 0 amide bonds. The highest BCUT2D eigenvalue weighted by Gasteiger charge is 2.51. The van der Waals surface area contributed by atoms with Gasteiger partial charge in [0.2, 0.25) is 0 Å². The summed E-state index contributed by atoms with van der Waals surface area (Å²) in [6.45, 7) is 6.88. The van der Waals surface area contributed by atoms with Gasteiger partial charge in [0.05, 0.1) is 19.1 Å². The maximum absolute atomic E-state index is 13.2. The minimum absolute atomic E-state index is 0.0907. The molecule has 5 nitrogen and oxygen atoms in total. The zero-order chi connectivity index (χ0) is 17.4. The Morgan fingerprint density at radius 2 is 1.71 bits per heavy atom. The van der Waals surface area contributed by atoms with E-state index in [2.05, 4.69) is 14.9 Å². The Balaban J connectivity index is 1.76. The van der Waals surface area contributed by atoms with Crippen molar-refractivity contribution in [3.8, 4) is 0 Å². The van der Waals surface area contributed by atoms with Crippen LogP contribution in [0, 0.1) is 11.3 Å². The molecule has 3 heterocycles. The molecule has 0 bridgehead atoms. The first-order chi connectivity index (χ1) is 11.3. The van der Waals surface area contributed by atoms with Gasteiger partial charge in [0, 0.05) is 32.2 Å². The van der Waals surface area contributed by atoms with Crippen LogP contribution in [-0.4, -0.2) is 55.5 Å². The highest BCUT2D eigenvalue weighted by Crippen LogP contribution is 2.45. The standard InChI is InChI=1S/C16H23F3N4O/c1-15(2)10-23(4-3-12(15)16(17,18)19)14-9-13(20-11-21-14)22-5-7-24-8-6-22/h9,11-12H,3-8,10H2,1-2H3. The predicted octanol–water partition coefficient (Wildman–Crippen LogP) is 2.73. The quantitative estimate of drug-likeness (QED) is 0.825. The summed E-state index contributed by atoms with van der Waals surface area (Å²) in [7, 11) is 0. The molecule has 0 N–H and O–H groups in total. The molecule has 0 radical (unpaired) electrons. The van der Waals surface area contributed by atoms with Gasteiger partial charge in [-0.25, -0.2) is 9.97 Å². The number of aromatic nitrogens is 2. The minimum Gasteiger partial charge on any atom is -0.378 e. The second-order valence-corrected chi connectivity index (χ2v) is 7.13. The number of hydrogen-bond donors (Lipinski definition) is 0. The molecule has 8 heteroatoms. The highest BCUT2D eigenvalue weighted by atomic mass is 19.4. The third-order valence-electron chi connectivity index (χ3n) is 4.92. The number of hydrogen-bond acceptors (Lipinski definition) is 5. The lowest BCUT2D eigenvalue weighted by atomic mass is 9.73. The van der Waals surface area contributed by atoms with Crippen molar-refractivity contribution in [3.05, 3.63) is 12.4 Å². The molecule has 0 spiro atoms. The summed E-state index contributed by atoms with van der Waals surface area (Å²) in [6.07, 6.45) is -2.57. The van der Waals surface area contributed by atoms with Crippen molar-refractivity contribution in [2.45, 2.75) is 26.4 Å². The Morgan fingerprint density at radius 1 is 1.08 bits per heavy atom. The van der Waals surface area contributed by atoms with E-state index in [1.165, 1.54) is 6.33 Å². The lowest BCUT2D eigenvalue weighted by Gasteiger charge is -2.45. The van der Waals surface area contributed by atoms with Crippen LogP contribution >= 0.6 is 0 Å². The number of ether oxygens (including phenoxy) is 1. The molecule has 3 rings (SSSR count). The monoisotopic (exact) mass is 344 g/mol. The fourth-order valence-corrected chi connectivity index (χ4v) is 3.63. The van der Waals surface area contributed by atoms with Crippen molar-refractivity contribution < 1.29 is 17.9 Å². The highest BCUT2D eigenvalue weighted by molar-refractivity contribution is 5.50. The number of halogens is 3. The number of piperidine rings is 1. The fraction of sp³-hybridized carbons (Fsp3) is 0.750. The molecule has 2 saturated heterocycles. The van der Waals surface area contributed by atoms with E-state index in [9.17, 15) is 13.2 Å². The summed E-state index contributed by atoms with van der Waals surface area (Å²) in [5.74, 6) is 0.223. The summed E-state index contributed by atoms with van der Waals surface area (Å²) < 4.78 is 45.0. The zero-order valence-electron chi connectivity index (χ0n) is 14.0. The van der Waals surface area contributed by atoms with Crippen LogP contribution in [0.5, 0.6) is 0 Å². The van der Waals surface area contributed by atoms with Crippen LogP contribution in [0.2, 0.25) is 0 Å². The number of alkyl halides is 3. The molecule has 2 fully saturated rings. The molecular formula is C16H23F3N4O. The van der Waals surface area contributed by atoms with Gasteiger partial charge < -0.3 is 14.5 Å². The Hall–Kier alpha value is -1.57. The van der Waals surface area contributed by atoms with E-state index in [0.29, 0.717) is 32.1 Å². The van der Waals surface area contributed by atoms with E-state index in [4.69, 9.17) is 4.74 Å². The first kappa shape index (κ1) is 17.3. The van der Waals surface area contributed by atoms with Gasteiger partial charge in [0.1, 0.15) is 18.0 Å². The largest absolute Gasteiger partial charge is 0.392 e. The topological polar surface area (TPSA) is 41.5 Å². The van der Waals surface area contributed by atoms with Gasteiger partial charge in [-0.2, -0.15) is 13.2 Å². The molecule has 0 saturated carbocycles. The van der Waals surface area contributed by atoms with Crippen LogP contribution in [0.4, 0.5) is 24.8 Å². The molecule has 134 valence electrons. The summed E-state index contributed by atoms with van der Waals surface area (Å²) in [4.78, 5) is 12.6. The van der Waals surface area contributed by atoms with E-state index in [0.717, 1.165) is 18.9 Å². The van der Waals surface area contributed by atoms with Crippen molar-refractivity contribution in [3.63, 3.8) is 0 Å². The van der Waals surface area contributed by atoms with E-state index in [1.807, 2.05) is 11.0 Å². The van der Waals surface area contributed by atoms with Crippen molar-refractivity contribution in [1.82, 2.24) is 9.97 Å². The van der Waals surface area contributed by atoms with Crippen molar-refractivity contribution >= 4 is 11.6 Å². The SMILES string of the molecule is CC1(C)CN(c2cc(N3CCOCC3)ncn2)CCC1C(F)(F)F. The second kappa shape index (κ2) is 6.38. The van der Waals surface area contributed by atoms with Crippen molar-refractivity contribution in [1.29, 1.82) is 0 Å². The van der Waals surface area contributed by atoms with Gasteiger partial charge in [-0.3, -0.25) is 0 Å². The molecule has 1 aromatic heterocycles. The number of anilines is 2. The molecule has 0 aliphatic carbocycles. The van der Waals surface area contributed by atoms with Crippen LogP contribution < -0.4 is 9.80 Å². The summed E-state index contributed by atoms with van der Waals surface area (Å²) in [5.41, 5.74) is -0.847. The molecule has 0 aromatic carbocycles. The van der Waals surface area contributed by atoms with Gasteiger partial charge in [0.25, 0.3) is 0 Å². The predicted molar refractivity (Wildman–Crippen MR) is 85.2 cm³/mol. The maximum Gasteiger partial charge on any atom is 0.392 e. The van der Waals surface area contributed by atoms with Crippen LogP contribution in [0.15, 0.2) is 12.4 Å². The molecule has 2 aliphatic heterocycles. The van der Waals surface area contributed by atoms with Gasteiger partial charge in [-0.15, -0.1) is 0 Å². The van der Waals surface area contributed by atoms with Crippen LogP contribution in [0.25, 0.3) is 0 Å². The molecule has 2 aliphatic rings. The third-order valence-corrected chi connectivity index (χ3v) is 4.92. The number of rotatable bonds is 2. The molecule has 1 aromatic rings. The lowest BCUT2D eigenvalue weighted by Crippen LogP contribution is -2.51. The Morgan fingerprint density at radius 3 is 2.29 bits per heavy atom. The van der Waals surface area contributed by atoms with Crippen molar-refractivity contribution in [2.75, 3.05) is 49.2 Å². The summed E-state index contributed by atoms with van der Waals surface area (Å²) in [6, 6.07) is 1.87. The van der Waals surface area contributed by atoms with Crippen molar-refractivity contribution in [2.24, 2.45) is 11.3 Å². The van der Waals surface area contributed by atoms with E-state index in [-0.39, 0.29) is 6.42 Å². The Bertz CT molecular complexity index is 573. The normalized spacial score (nSPS) is 25.0. The van der Waals surface area contributed by atoms with E-state index >= 15 is 0 Å². The van der Waals surface area contributed by atoms with Gasteiger partial charge in [0.15, 0.2) is 0 Å². The fourth-order valence-electron chi connectivity index (χ4n) is 3.63. The van der Waals surface area contributed by atoms with Crippen LogP contribution in [0.1, 0.15) is 20.3 Å². The van der Waals surface area contributed by atoms with Crippen LogP contribution in [0.3, 0.4) is 0 Å². The van der Waals surface area contributed by atoms with Crippen LogP contribution in [-0.2, 0) is 4.74 Å². The molecule has 1 unspecified atom stereocenters. The van der Waals surface area contributed by atoms with Gasteiger partial charge >= 0.3 is 6.18 Å². The Labute approximate surface area is 139 Å². The zero-order valence-corrected chi connectivity index (χ0v) is 14.0. The molecular weight excluding hydrogens is 321 g/mol. The number of nitrogens with zero attached hydrogens (tertiary/aromatic N) is 4.